The predicted molar refractivity (Wildman–Crippen MR) is 140 cm³/mol. The molecule has 1 aliphatic heterocycles. The smallest absolute Gasteiger partial charge is 0.241 e. The number of benzene rings is 1. The zero-order valence-corrected chi connectivity index (χ0v) is 22.7. The maximum Gasteiger partial charge on any atom is 0.241 e. The minimum absolute atomic E-state index is 0.0103. The van der Waals surface area contributed by atoms with Gasteiger partial charge < -0.3 is 26.2 Å². The highest BCUT2D eigenvalue weighted by Crippen LogP contribution is 2.31. The Bertz CT molecular complexity index is 871. The molecule has 0 bridgehead atoms. The highest BCUT2D eigenvalue weighted by atomic mass is 35.5. The Hall–Kier alpha value is -1.71. The summed E-state index contributed by atoms with van der Waals surface area (Å²) >= 11 is 6.33. The van der Waals surface area contributed by atoms with Gasteiger partial charge in [0.25, 0.3) is 0 Å². The van der Waals surface area contributed by atoms with Crippen LogP contribution in [0.1, 0.15) is 54.4 Å². The molecule has 0 aromatic heterocycles. The standard InChI is InChI=1S/C26H43ClN4O4/c1-17(2)18(24(34)29-12-11-26(5,6)35)13-22(32)20(28)14-30-15-23(33)31(16-25(30,3)4)21-10-8-7-9-19(21)27/h7-10,17-18,20,22,32,35H,11-16,28H2,1-6H3,(H,29,34)/t18-,20-,22-/m0/s1. The van der Waals surface area contributed by atoms with Crippen LogP contribution in [0.25, 0.3) is 0 Å². The van der Waals surface area contributed by atoms with Crippen molar-refractivity contribution in [1.82, 2.24) is 10.2 Å². The second kappa shape index (κ2) is 12.0. The Morgan fingerprint density at radius 3 is 2.49 bits per heavy atom. The number of rotatable bonds is 11. The van der Waals surface area contributed by atoms with E-state index in [4.69, 9.17) is 17.3 Å². The molecule has 0 radical (unpaired) electrons. The number of nitrogens with zero attached hydrogens (tertiary/aromatic N) is 2. The Morgan fingerprint density at radius 2 is 1.91 bits per heavy atom. The van der Waals surface area contributed by atoms with E-state index in [2.05, 4.69) is 5.32 Å². The van der Waals surface area contributed by atoms with E-state index in [9.17, 15) is 19.8 Å². The number of amides is 2. The predicted octanol–water partition coefficient (Wildman–Crippen LogP) is 2.39. The van der Waals surface area contributed by atoms with Crippen molar-refractivity contribution < 1.29 is 19.8 Å². The summed E-state index contributed by atoms with van der Waals surface area (Å²) in [6, 6.07) is 6.66. The van der Waals surface area contributed by atoms with Crippen LogP contribution in [0.15, 0.2) is 24.3 Å². The van der Waals surface area contributed by atoms with Gasteiger partial charge in [-0.15, -0.1) is 0 Å². The first-order valence-electron chi connectivity index (χ1n) is 12.4. The molecular weight excluding hydrogens is 468 g/mol. The van der Waals surface area contributed by atoms with Gasteiger partial charge in [0.2, 0.25) is 11.8 Å². The topological polar surface area (TPSA) is 119 Å². The van der Waals surface area contributed by atoms with Crippen molar-refractivity contribution in [2.75, 3.05) is 31.1 Å². The number of hydrogen-bond donors (Lipinski definition) is 4. The van der Waals surface area contributed by atoms with Crippen LogP contribution >= 0.6 is 11.6 Å². The molecule has 0 saturated carbocycles. The van der Waals surface area contributed by atoms with E-state index in [0.717, 1.165) is 0 Å². The maximum atomic E-state index is 13.0. The largest absolute Gasteiger partial charge is 0.391 e. The van der Waals surface area contributed by atoms with Crippen molar-refractivity contribution in [3.63, 3.8) is 0 Å². The molecule has 2 rings (SSSR count). The quantitative estimate of drug-likeness (QED) is 0.363. The average molecular weight is 511 g/mol. The van der Waals surface area contributed by atoms with E-state index < -0.39 is 29.2 Å². The minimum Gasteiger partial charge on any atom is -0.391 e. The minimum atomic E-state index is -0.907. The molecule has 2 amide bonds. The number of halogens is 1. The number of aliphatic hydroxyl groups is 2. The van der Waals surface area contributed by atoms with Gasteiger partial charge in [0, 0.05) is 37.1 Å². The molecule has 0 unspecified atom stereocenters. The molecule has 3 atom stereocenters. The molecule has 9 heteroatoms. The summed E-state index contributed by atoms with van der Waals surface area (Å²) in [6.45, 7) is 12.6. The lowest BCUT2D eigenvalue weighted by Crippen LogP contribution is -2.64. The van der Waals surface area contributed by atoms with Crippen LogP contribution in [0.4, 0.5) is 5.69 Å². The molecule has 5 N–H and O–H groups in total. The van der Waals surface area contributed by atoms with Crippen LogP contribution in [0, 0.1) is 11.8 Å². The van der Waals surface area contributed by atoms with Gasteiger partial charge in [0.15, 0.2) is 0 Å². The number of nitrogens with one attached hydrogen (secondary N) is 1. The van der Waals surface area contributed by atoms with E-state index in [1.807, 2.05) is 50.8 Å². The number of anilines is 1. The number of hydrogen-bond acceptors (Lipinski definition) is 6. The third-order valence-electron chi connectivity index (χ3n) is 6.77. The first kappa shape index (κ1) is 29.5. The van der Waals surface area contributed by atoms with E-state index in [-0.39, 0.29) is 30.7 Å². The van der Waals surface area contributed by atoms with Gasteiger partial charge in [-0.2, -0.15) is 0 Å². The van der Waals surface area contributed by atoms with Crippen LogP contribution < -0.4 is 16.0 Å². The summed E-state index contributed by atoms with van der Waals surface area (Å²) in [5.74, 6) is -0.634. The van der Waals surface area contributed by atoms with Gasteiger partial charge in [0.05, 0.1) is 29.0 Å². The lowest BCUT2D eigenvalue weighted by atomic mass is 9.86. The van der Waals surface area contributed by atoms with Crippen LogP contribution in [-0.2, 0) is 9.59 Å². The molecule has 1 aromatic rings. The molecule has 1 saturated heterocycles. The summed E-state index contributed by atoms with van der Waals surface area (Å²) in [5.41, 5.74) is 5.82. The summed E-state index contributed by atoms with van der Waals surface area (Å²) in [4.78, 5) is 29.4. The van der Waals surface area contributed by atoms with Crippen molar-refractivity contribution >= 4 is 29.1 Å². The Balaban J connectivity index is 2.00. The number of nitrogens with two attached hydrogens (primary N) is 1. The molecule has 1 heterocycles. The highest BCUT2D eigenvalue weighted by Gasteiger charge is 2.40. The number of carbonyl (C=O) groups is 2. The second-order valence-corrected chi connectivity index (χ2v) is 11.7. The number of piperazine rings is 1. The lowest BCUT2D eigenvalue weighted by molar-refractivity contribution is -0.127. The van der Waals surface area contributed by atoms with Crippen molar-refractivity contribution in [3.8, 4) is 0 Å². The number of aliphatic hydroxyl groups excluding tert-OH is 1. The zero-order valence-electron chi connectivity index (χ0n) is 21.9. The number of para-hydroxylation sites is 1. The van der Waals surface area contributed by atoms with Crippen LogP contribution in [0.3, 0.4) is 0 Å². The summed E-state index contributed by atoms with van der Waals surface area (Å²) in [7, 11) is 0. The summed E-state index contributed by atoms with van der Waals surface area (Å²) in [5, 5.41) is 24.1. The third kappa shape index (κ3) is 8.43. The van der Waals surface area contributed by atoms with Gasteiger partial charge in [-0.3, -0.25) is 14.5 Å². The van der Waals surface area contributed by atoms with Crippen LogP contribution in [-0.4, -0.2) is 76.4 Å². The fraction of sp³-hybridized carbons (Fsp3) is 0.692. The van der Waals surface area contributed by atoms with Gasteiger partial charge in [-0.25, -0.2) is 0 Å². The number of carbonyl (C=O) groups excluding carboxylic acids is 2. The van der Waals surface area contributed by atoms with Crippen molar-refractivity contribution in [2.24, 2.45) is 17.6 Å². The monoisotopic (exact) mass is 510 g/mol. The fourth-order valence-corrected chi connectivity index (χ4v) is 4.59. The molecule has 198 valence electrons. The van der Waals surface area contributed by atoms with Gasteiger partial charge >= 0.3 is 0 Å². The molecular formula is C26H43ClN4O4. The second-order valence-electron chi connectivity index (χ2n) is 11.3. The molecule has 1 aliphatic rings. The molecule has 1 fully saturated rings. The van der Waals surface area contributed by atoms with Gasteiger partial charge in [-0.1, -0.05) is 37.6 Å². The Morgan fingerprint density at radius 1 is 1.29 bits per heavy atom. The normalized spacial score (nSPS) is 19.5. The first-order valence-corrected chi connectivity index (χ1v) is 12.7. The third-order valence-corrected chi connectivity index (χ3v) is 7.09. The van der Waals surface area contributed by atoms with E-state index >= 15 is 0 Å². The SMILES string of the molecule is CC(C)[C@H](C[C@H](O)[C@@H](N)CN1CC(=O)N(c2ccccc2Cl)CC1(C)C)C(=O)NCCC(C)(C)O. The Labute approximate surface area is 214 Å². The molecule has 0 aliphatic carbocycles. The van der Waals surface area contributed by atoms with Crippen molar-refractivity contribution in [3.05, 3.63) is 29.3 Å². The molecule has 0 spiro atoms. The van der Waals surface area contributed by atoms with Crippen molar-refractivity contribution in [1.29, 1.82) is 0 Å². The first-order chi connectivity index (χ1) is 16.1. The Kier molecular flexibility index (Phi) is 10.1. The maximum absolute atomic E-state index is 13.0. The fourth-order valence-electron chi connectivity index (χ4n) is 4.36. The van der Waals surface area contributed by atoms with Crippen molar-refractivity contribution in [2.45, 2.75) is 77.7 Å². The zero-order chi connectivity index (χ0) is 26.6. The molecule has 35 heavy (non-hydrogen) atoms. The highest BCUT2D eigenvalue weighted by molar-refractivity contribution is 6.33. The van der Waals surface area contributed by atoms with Gasteiger partial charge in [-0.05, 0) is 58.6 Å². The summed E-state index contributed by atoms with van der Waals surface area (Å²) < 4.78 is 0. The van der Waals surface area contributed by atoms with E-state index in [1.165, 1.54) is 0 Å². The van der Waals surface area contributed by atoms with Crippen LogP contribution in [0.5, 0.6) is 0 Å². The van der Waals surface area contributed by atoms with E-state index in [0.29, 0.717) is 36.8 Å². The van der Waals surface area contributed by atoms with Crippen LogP contribution in [0.2, 0.25) is 5.02 Å². The molecule has 1 aromatic carbocycles. The van der Waals surface area contributed by atoms with Gasteiger partial charge in [0.1, 0.15) is 0 Å². The lowest BCUT2D eigenvalue weighted by Gasteiger charge is -2.47. The molecule has 8 nitrogen and oxygen atoms in total. The van der Waals surface area contributed by atoms with E-state index in [1.54, 1.807) is 24.8 Å². The summed E-state index contributed by atoms with van der Waals surface area (Å²) in [6.07, 6.45) is -0.245. The average Bonchev–Trinajstić information content (AvgIpc) is 2.73.